The molecule has 0 aliphatic heterocycles. The van der Waals surface area contributed by atoms with Crippen LogP contribution in [0.4, 0.5) is 5.69 Å². The highest BCUT2D eigenvalue weighted by molar-refractivity contribution is 6.44. The SMILES string of the molecule is Cc1c(C(=O)OC(C)C(=O)Nc2cc(Cl)c(Cl)cc2Cl)cnn1-c1ccccn1. The van der Waals surface area contributed by atoms with Crippen LogP contribution in [0.15, 0.2) is 42.7 Å². The molecule has 10 heteroatoms. The minimum Gasteiger partial charge on any atom is -0.449 e. The molecular weight excluding hydrogens is 439 g/mol. The van der Waals surface area contributed by atoms with Crippen molar-refractivity contribution >= 4 is 52.4 Å². The van der Waals surface area contributed by atoms with E-state index in [-0.39, 0.29) is 26.3 Å². The summed E-state index contributed by atoms with van der Waals surface area (Å²) in [6.07, 6.45) is 1.90. The second kappa shape index (κ2) is 8.82. The number of nitrogens with one attached hydrogen (secondary N) is 1. The molecule has 3 aromatic rings. The number of carbonyl (C=O) groups excluding carboxylic acids is 2. The van der Waals surface area contributed by atoms with Gasteiger partial charge in [0.1, 0.15) is 5.56 Å². The van der Waals surface area contributed by atoms with E-state index in [0.717, 1.165) is 0 Å². The van der Waals surface area contributed by atoms with Crippen LogP contribution < -0.4 is 5.32 Å². The van der Waals surface area contributed by atoms with E-state index < -0.39 is 18.0 Å². The van der Waals surface area contributed by atoms with Crippen LogP contribution in [-0.2, 0) is 9.53 Å². The van der Waals surface area contributed by atoms with Crippen LogP contribution in [0.5, 0.6) is 0 Å². The first kappa shape index (κ1) is 21.1. The highest BCUT2D eigenvalue weighted by Gasteiger charge is 2.23. The van der Waals surface area contributed by atoms with E-state index in [0.29, 0.717) is 11.5 Å². The summed E-state index contributed by atoms with van der Waals surface area (Å²) in [6.45, 7) is 3.15. The summed E-state index contributed by atoms with van der Waals surface area (Å²) in [5, 5.41) is 7.42. The molecule has 1 aromatic carbocycles. The van der Waals surface area contributed by atoms with Gasteiger partial charge in [0, 0.05) is 6.20 Å². The topological polar surface area (TPSA) is 86.1 Å². The quantitative estimate of drug-likeness (QED) is 0.446. The van der Waals surface area contributed by atoms with Crippen molar-refractivity contribution in [2.24, 2.45) is 0 Å². The van der Waals surface area contributed by atoms with Crippen LogP contribution >= 0.6 is 34.8 Å². The summed E-state index contributed by atoms with van der Waals surface area (Å²) in [5.41, 5.74) is 1.02. The molecule has 0 saturated heterocycles. The molecule has 3 rings (SSSR count). The first-order valence-electron chi connectivity index (χ1n) is 8.40. The van der Waals surface area contributed by atoms with E-state index in [1.165, 1.54) is 29.9 Å². The van der Waals surface area contributed by atoms with E-state index >= 15 is 0 Å². The monoisotopic (exact) mass is 452 g/mol. The van der Waals surface area contributed by atoms with Gasteiger partial charge in [0.15, 0.2) is 11.9 Å². The predicted octanol–water partition coefficient (Wildman–Crippen LogP) is 4.72. The molecule has 0 spiro atoms. The fraction of sp³-hybridized carbons (Fsp3) is 0.158. The van der Waals surface area contributed by atoms with Gasteiger partial charge in [-0.15, -0.1) is 0 Å². The van der Waals surface area contributed by atoms with Crippen LogP contribution in [0.25, 0.3) is 5.82 Å². The normalized spacial score (nSPS) is 11.8. The predicted molar refractivity (Wildman–Crippen MR) is 111 cm³/mol. The number of nitrogens with zero attached hydrogens (tertiary/aromatic N) is 3. The van der Waals surface area contributed by atoms with Crippen LogP contribution in [0, 0.1) is 6.92 Å². The highest BCUT2D eigenvalue weighted by atomic mass is 35.5. The van der Waals surface area contributed by atoms with Crippen molar-refractivity contribution in [1.82, 2.24) is 14.8 Å². The molecule has 1 N–H and O–H groups in total. The number of amides is 1. The lowest BCUT2D eigenvalue weighted by molar-refractivity contribution is -0.123. The number of aromatic nitrogens is 3. The van der Waals surface area contributed by atoms with Crippen molar-refractivity contribution < 1.29 is 14.3 Å². The van der Waals surface area contributed by atoms with Gasteiger partial charge in [-0.25, -0.2) is 14.5 Å². The number of rotatable bonds is 5. The number of hydrogen-bond acceptors (Lipinski definition) is 5. The van der Waals surface area contributed by atoms with Crippen molar-refractivity contribution in [2.45, 2.75) is 20.0 Å². The highest BCUT2D eigenvalue weighted by Crippen LogP contribution is 2.32. The molecule has 7 nitrogen and oxygen atoms in total. The third-order valence-corrected chi connectivity index (χ3v) is 5.05. The lowest BCUT2D eigenvalue weighted by atomic mass is 10.2. The summed E-state index contributed by atoms with van der Waals surface area (Å²) in [6, 6.07) is 8.17. The van der Waals surface area contributed by atoms with Crippen molar-refractivity contribution in [3.63, 3.8) is 0 Å². The molecule has 2 heterocycles. The van der Waals surface area contributed by atoms with Gasteiger partial charge in [0.2, 0.25) is 0 Å². The fourth-order valence-electron chi connectivity index (χ4n) is 2.45. The summed E-state index contributed by atoms with van der Waals surface area (Å²) in [7, 11) is 0. The maximum atomic E-state index is 12.5. The molecule has 0 aliphatic carbocycles. The number of anilines is 1. The second-order valence-electron chi connectivity index (χ2n) is 6.03. The Bertz CT molecular complexity index is 1070. The van der Waals surface area contributed by atoms with Crippen molar-refractivity contribution in [3.8, 4) is 5.82 Å². The molecule has 0 bridgehead atoms. The molecule has 0 radical (unpaired) electrons. The summed E-state index contributed by atoms with van der Waals surface area (Å²) >= 11 is 17.9. The van der Waals surface area contributed by atoms with Crippen molar-refractivity contribution in [3.05, 3.63) is 69.1 Å². The van der Waals surface area contributed by atoms with Gasteiger partial charge in [0.05, 0.1) is 32.6 Å². The number of benzene rings is 1. The van der Waals surface area contributed by atoms with Crippen LogP contribution in [0.1, 0.15) is 23.0 Å². The van der Waals surface area contributed by atoms with Crippen LogP contribution in [-0.4, -0.2) is 32.7 Å². The summed E-state index contributed by atoms with van der Waals surface area (Å²) in [4.78, 5) is 29.1. The van der Waals surface area contributed by atoms with Gasteiger partial charge in [-0.1, -0.05) is 40.9 Å². The standard InChI is InChI=1S/C19H15Cl3N4O3/c1-10-12(9-24-26(10)17-5-3-4-6-23-17)19(28)29-11(2)18(27)25-16-8-14(21)13(20)7-15(16)22/h3-9,11H,1-2H3,(H,25,27). The van der Waals surface area contributed by atoms with Gasteiger partial charge in [-0.3, -0.25) is 4.79 Å². The first-order chi connectivity index (χ1) is 13.8. The van der Waals surface area contributed by atoms with Gasteiger partial charge in [0.25, 0.3) is 5.91 Å². The zero-order valence-electron chi connectivity index (χ0n) is 15.3. The molecule has 2 aromatic heterocycles. The van der Waals surface area contributed by atoms with Crippen molar-refractivity contribution in [1.29, 1.82) is 0 Å². The average molecular weight is 454 g/mol. The molecule has 1 amide bonds. The third kappa shape index (κ3) is 4.70. The van der Waals surface area contributed by atoms with Gasteiger partial charge in [-0.05, 0) is 38.1 Å². The largest absolute Gasteiger partial charge is 0.449 e. The Morgan fingerprint density at radius 3 is 2.55 bits per heavy atom. The van der Waals surface area contributed by atoms with Gasteiger partial charge >= 0.3 is 5.97 Å². The maximum absolute atomic E-state index is 12.5. The Kier molecular flexibility index (Phi) is 6.42. The molecule has 29 heavy (non-hydrogen) atoms. The Labute approximate surface area is 181 Å². The smallest absolute Gasteiger partial charge is 0.342 e. The van der Waals surface area contributed by atoms with E-state index in [1.807, 2.05) is 6.07 Å². The van der Waals surface area contributed by atoms with Gasteiger partial charge < -0.3 is 10.1 Å². The number of pyridine rings is 1. The summed E-state index contributed by atoms with van der Waals surface area (Å²) < 4.78 is 6.78. The van der Waals surface area contributed by atoms with E-state index in [4.69, 9.17) is 39.5 Å². The lowest BCUT2D eigenvalue weighted by Crippen LogP contribution is -2.30. The van der Waals surface area contributed by atoms with E-state index in [1.54, 1.807) is 25.3 Å². The molecular formula is C19H15Cl3N4O3. The average Bonchev–Trinajstić information content (AvgIpc) is 3.08. The number of carbonyl (C=O) groups is 2. The lowest BCUT2D eigenvalue weighted by Gasteiger charge is -2.14. The zero-order chi connectivity index (χ0) is 21.1. The van der Waals surface area contributed by atoms with Crippen molar-refractivity contribution in [2.75, 3.05) is 5.32 Å². The Hall–Kier alpha value is -2.61. The Morgan fingerprint density at radius 1 is 1.14 bits per heavy atom. The first-order valence-corrected chi connectivity index (χ1v) is 9.53. The second-order valence-corrected chi connectivity index (χ2v) is 7.25. The molecule has 150 valence electrons. The zero-order valence-corrected chi connectivity index (χ0v) is 17.6. The van der Waals surface area contributed by atoms with Crippen LogP contribution in [0.3, 0.4) is 0 Å². The summed E-state index contributed by atoms with van der Waals surface area (Å²) in [5.74, 6) is -0.704. The van der Waals surface area contributed by atoms with Gasteiger partial charge in [-0.2, -0.15) is 5.10 Å². The number of ether oxygens (including phenoxy) is 1. The molecule has 1 atom stereocenters. The minimum atomic E-state index is -1.09. The van der Waals surface area contributed by atoms with E-state index in [9.17, 15) is 9.59 Å². The molecule has 1 unspecified atom stereocenters. The van der Waals surface area contributed by atoms with E-state index in [2.05, 4.69) is 15.4 Å². The fourth-order valence-corrected chi connectivity index (χ4v) is 3.04. The number of halogens is 3. The molecule has 0 fully saturated rings. The minimum absolute atomic E-state index is 0.207. The molecule has 0 saturated carbocycles. The number of esters is 1. The Morgan fingerprint density at radius 2 is 1.86 bits per heavy atom. The molecule has 0 aliphatic rings. The number of hydrogen-bond donors (Lipinski definition) is 1. The third-order valence-electron chi connectivity index (χ3n) is 4.02. The Balaban J connectivity index is 1.70. The van der Waals surface area contributed by atoms with Crippen LogP contribution in [0.2, 0.25) is 15.1 Å². The maximum Gasteiger partial charge on any atom is 0.342 e.